The van der Waals surface area contributed by atoms with Gasteiger partial charge in [0.05, 0.1) is 18.4 Å². The molecule has 0 spiro atoms. The van der Waals surface area contributed by atoms with E-state index >= 15 is 0 Å². The molecule has 1 aliphatic heterocycles. The van der Waals surface area contributed by atoms with Crippen molar-refractivity contribution in [3.63, 3.8) is 0 Å². The van der Waals surface area contributed by atoms with E-state index in [9.17, 15) is 5.26 Å². The third-order valence-corrected chi connectivity index (χ3v) is 6.30. The summed E-state index contributed by atoms with van der Waals surface area (Å²) in [6.07, 6.45) is 3.32. The van der Waals surface area contributed by atoms with Crippen LogP contribution in [0.3, 0.4) is 0 Å². The lowest BCUT2D eigenvalue weighted by Gasteiger charge is -2.23. The molecule has 2 unspecified atom stereocenters. The van der Waals surface area contributed by atoms with Crippen molar-refractivity contribution < 1.29 is 13.8 Å². The number of anilines is 1. The zero-order chi connectivity index (χ0) is 21.7. The molecule has 10 heteroatoms. The van der Waals surface area contributed by atoms with E-state index in [1.54, 1.807) is 10.6 Å². The number of rotatable bonds is 9. The summed E-state index contributed by atoms with van der Waals surface area (Å²) in [5, 5.41) is 17.5. The second-order valence-electron chi connectivity index (χ2n) is 7.24. The van der Waals surface area contributed by atoms with Crippen molar-refractivity contribution in [1.29, 1.82) is 5.26 Å². The molecule has 9 nitrogen and oxygen atoms in total. The highest BCUT2D eigenvalue weighted by atomic mass is 31.2. The van der Waals surface area contributed by atoms with Crippen molar-refractivity contribution in [2.45, 2.75) is 37.9 Å². The Morgan fingerprint density at radius 3 is 2.97 bits per heavy atom. The summed E-state index contributed by atoms with van der Waals surface area (Å²) in [7, 11) is -1.33. The number of nitrogens with zero attached hydrogens (tertiary/aromatic N) is 4. The Balaban J connectivity index is 1.44. The maximum atomic E-state index is 9.99. The van der Waals surface area contributed by atoms with Gasteiger partial charge in [-0.2, -0.15) is 10.4 Å². The smallest absolute Gasteiger partial charge is 0.318 e. The van der Waals surface area contributed by atoms with Gasteiger partial charge in [-0.05, 0) is 43.5 Å². The second kappa shape index (κ2) is 9.58. The molecule has 0 saturated carbocycles. The molecular formula is C21H25N6O3P. The van der Waals surface area contributed by atoms with E-state index in [0.717, 1.165) is 18.7 Å². The van der Waals surface area contributed by atoms with Crippen molar-refractivity contribution in [3.05, 3.63) is 54.5 Å². The molecule has 4 rings (SSSR count). The molecule has 1 aromatic carbocycles. The molecule has 1 fully saturated rings. The molecule has 3 N–H and O–H groups in total. The predicted octanol–water partition coefficient (Wildman–Crippen LogP) is 3.53. The molecule has 2 aromatic heterocycles. The zero-order valence-electron chi connectivity index (χ0n) is 17.3. The Morgan fingerprint density at radius 2 is 2.19 bits per heavy atom. The van der Waals surface area contributed by atoms with Gasteiger partial charge in [0.15, 0.2) is 11.4 Å². The van der Waals surface area contributed by atoms with Crippen LogP contribution in [0.1, 0.15) is 31.9 Å². The Morgan fingerprint density at radius 1 is 1.35 bits per heavy atom. The summed E-state index contributed by atoms with van der Waals surface area (Å²) in [4.78, 5) is 4.00. The summed E-state index contributed by atoms with van der Waals surface area (Å²) in [5.74, 6) is 1.10. The molecule has 31 heavy (non-hydrogen) atoms. The molecule has 3 aromatic rings. The van der Waals surface area contributed by atoms with Gasteiger partial charge in [0, 0.05) is 6.54 Å². The van der Waals surface area contributed by atoms with Crippen LogP contribution < -0.4 is 15.3 Å². The first-order chi connectivity index (χ1) is 15.1. The Bertz CT molecular complexity index is 1060. The van der Waals surface area contributed by atoms with E-state index in [1.165, 1.54) is 6.33 Å². The largest absolute Gasteiger partial charge is 0.436 e. The SMILES string of the molecule is CCCN[P@](OCC1CCC(C#N)(c2ccc3c(N)ncnn23)O1)Oc1ccccc1. The lowest BCUT2D eigenvalue weighted by molar-refractivity contribution is -0.0277. The fraction of sp³-hybridized carbons (Fsp3) is 0.381. The molecule has 0 bridgehead atoms. The summed E-state index contributed by atoms with van der Waals surface area (Å²) >= 11 is 0. The standard InChI is InChI=1S/C21H25N6O3P/c1-2-12-26-31(30-16-6-4-3-5-7-16)28-13-17-10-11-21(14-22,29-17)19-9-8-18-20(23)24-15-25-27(18)19/h3-9,15,17,26H,2,10-13H2,1H3,(H2,23,24,25)/t17?,21?,31-/m1/s1. The summed E-state index contributed by atoms with van der Waals surface area (Å²) in [6.45, 7) is 3.19. The molecular weight excluding hydrogens is 415 g/mol. The van der Waals surface area contributed by atoms with Crippen molar-refractivity contribution >= 4 is 19.9 Å². The van der Waals surface area contributed by atoms with Crippen LogP contribution in [0.2, 0.25) is 0 Å². The quantitative estimate of drug-likeness (QED) is 0.485. The van der Waals surface area contributed by atoms with Gasteiger partial charge in [-0.3, -0.25) is 0 Å². The van der Waals surface area contributed by atoms with Crippen molar-refractivity contribution in [3.8, 4) is 11.8 Å². The van der Waals surface area contributed by atoms with Gasteiger partial charge >= 0.3 is 8.53 Å². The van der Waals surface area contributed by atoms with E-state index in [0.29, 0.717) is 36.5 Å². The molecule has 162 valence electrons. The number of fused-ring (bicyclic) bond motifs is 1. The van der Waals surface area contributed by atoms with Gasteiger partial charge in [-0.15, -0.1) is 0 Å². The first-order valence-electron chi connectivity index (χ1n) is 10.2. The van der Waals surface area contributed by atoms with Crippen LogP contribution in [-0.2, 0) is 14.9 Å². The van der Waals surface area contributed by atoms with Crippen LogP contribution in [-0.4, -0.2) is 33.9 Å². The summed E-state index contributed by atoms with van der Waals surface area (Å²) < 4.78 is 19.9. The van der Waals surface area contributed by atoms with Crippen molar-refractivity contribution in [2.24, 2.45) is 0 Å². The maximum Gasteiger partial charge on any atom is 0.318 e. The Labute approximate surface area is 182 Å². The monoisotopic (exact) mass is 440 g/mol. The third-order valence-electron chi connectivity index (χ3n) is 5.06. The fourth-order valence-electron chi connectivity index (χ4n) is 3.51. The summed E-state index contributed by atoms with van der Waals surface area (Å²) in [5.41, 5.74) is 6.12. The van der Waals surface area contributed by atoms with Gasteiger partial charge in [-0.1, -0.05) is 25.1 Å². The van der Waals surface area contributed by atoms with Crippen LogP contribution in [0.4, 0.5) is 5.82 Å². The minimum absolute atomic E-state index is 0.239. The highest BCUT2D eigenvalue weighted by molar-refractivity contribution is 7.45. The van der Waals surface area contributed by atoms with Crippen LogP contribution in [0, 0.1) is 11.3 Å². The van der Waals surface area contributed by atoms with E-state index in [4.69, 9.17) is 19.5 Å². The Hall–Kier alpha value is -2.76. The lowest BCUT2D eigenvalue weighted by Crippen LogP contribution is -2.28. The van der Waals surface area contributed by atoms with E-state index in [1.807, 2.05) is 36.4 Å². The fourth-order valence-corrected chi connectivity index (χ4v) is 4.74. The number of para-hydroxylation sites is 1. The second-order valence-corrected chi connectivity index (χ2v) is 8.51. The molecule has 0 amide bonds. The van der Waals surface area contributed by atoms with Crippen LogP contribution >= 0.6 is 8.53 Å². The molecule has 1 saturated heterocycles. The first-order valence-corrected chi connectivity index (χ1v) is 11.4. The molecule has 3 atom stereocenters. The minimum Gasteiger partial charge on any atom is -0.436 e. The number of aromatic nitrogens is 3. The first kappa shape index (κ1) is 21.5. The van der Waals surface area contributed by atoms with E-state index < -0.39 is 14.1 Å². The number of nitrogens with one attached hydrogen (secondary N) is 1. The molecule has 0 radical (unpaired) electrons. The highest BCUT2D eigenvalue weighted by Crippen LogP contribution is 2.42. The van der Waals surface area contributed by atoms with Gasteiger partial charge in [0.25, 0.3) is 0 Å². The van der Waals surface area contributed by atoms with Gasteiger partial charge in [0.2, 0.25) is 0 Å². The Kier molecular flexibility index (Phi) is 6.64. The number of nitrogen functional groups attached to an aromatic ring is 1. The van der Waals surface area contributed by atoms with Crippen LogP contribution in [0.5, 0.6) is 5.75 Å². The van der Waals surface area contributed by atoms with Crippen molar-refractivity contribution in [2.75, 3.05) is 18.9 Å². The predicted molar refractivity (Wildman–Crippen MR) is 117 cm³/mol. The lowest BCUT2D eigenvalue weighted by atomic mass is 9.98. The maximum absolute atomic E-state index is 9.99. The summed E-state index contributed by atoms with van der Waals surface area (Å²) in [6, 6.07) is 15.5. The molecule has 0 aliphatic carbocycles. The van der Waals surface area contributed by atoms with Gasteiger partial charge < -0.3 is 19.5 Å². The number of nitriles is 1. The third kappa shape index (κ3) is 4.63. The van der Waals surface area contributed by atoms with E-state index in [2.05, 4.69) is 28.2 Å². The van der Waals surface area contributed by atoms with Gasteiger partial charge in [-0.25, -0.2) is 14.6 Å². The number of nitrogens with two attached hydrogens (primary N) is 1. The number of benzene rings is 1. The van der Waals surface area contributed by atoms with Gasteiger partial charge in [0.1, 0.15) is 23.7 Å². The topological polar surface area (TPSA) is 120 Å². The van der Waals surface area contributed by atoms with Crippen LogP contribution in [0.25, 0.3) is 5.52 Å². The zero-order valence-corrected chi connectivity index (χ0v) is 18.2. The number of hydrogen-bond acceptors (Lipinski definition) is 8. The number of ether oxygens (including phenoxy) is 1. The van der Waals surface area contributed by atoms with E-state index in [-0.39, 0.29) is 6.10 Å². The number of hydrogen-bond donors (Lipinski definition) is 2. The molecule has 3 heterocycles. The normalized spacial score (nSPS) is 21.7. The highest BCUT2D eigenvalue weighted by Gasteiger charge is 2.45. The minimum atomic E-state index is -1.33. The molecule has 1 aliphatic rings. The average Bonchev–Trinajstić information content (AvgIpc) is 3.42. The average molecular weight is 440 g/mol. The van der Waals surface area contributed by atoms with Crippen molar-refractivity contribution in [1.82, 2.24) is 19.7 Å². The van der Waals surface area contributed by atoms with Crippen LogP contribution in [0.15, 0.2) is 48.8 Å².